The lowest BCUT2D eigenvalue weighted by molar-refractivity contribution is 0.305. The molecule has 0 saturated carbocycles. The summed E-state index contributed by atoms with van der Waals surface area (Å²) >= 11 is 9.46. The third-order valence-electron chi connectivity index (χ3n) is 3.44. The van der Waals surface area contributed by atoms with E-state index in [0.29, 0.717) is 18.2 Å². The fraction of sp³-hybridized carbons (Fsp3) is 0.333. The number of nitrogens with one attached hydrogen (secondary N) is 2. The van der Waals surface area contributed by atoms with Crippen molar-refractivity contribution in [2.24, 2.45) is 5.73 Å². The van der Waals surface area contributed by atoms with E-state index in [1.807, 2.05) is 30.3 Å². The zero-order valence-electron chi connectivity index (χ0n) is 13.5. The molecule has 6 heteroatoms. The fourth-order valence-corrected chi connectivity index (χ4v) is 2.98. The Balaban J connectivity index is 1.79. The van der Waals surface area contributed by atoms with Crippen molar-refractivity contribution < 1.29 is 4.74 Å². The Labute approximate surface area is 156 Å². The number of halogens is 2. The number of rotatable bonds is 10. The molecule has 130 valence electrons. The van der Waals surface area contributed by atoms with Crippen molar-refractivity contribution >= 4 is 27.5 Å². The first-order chi connectivity index (χ1) is 11.7. The maximum atomic E-state index is 5.95. The minimum Gasteiger partial charge on any atom is -0.489 e. The standard InChI is InChI=1S/C18H23BrClN3O/c19-18-11-16(20)5-4-15(18)13-24-17-3-1-2-14(10-17)12-23-9-8-22-7-6-21/h1-5,10-11,22-23H,6-9,12-13,21H2. The summed E-state index contributed by atoms with van der Waals surface area (Å²) in [4.78, 5) is 0. The van der Waals surface area contributed by atoms with Gasteiger partial charge in [0.15, 0.2) is 0 Å². The lowest BCUT2D eigenvalue weighted by Crippen LogP contribution is -2.30. The van der Waals surface area contributed by atoms with Crippen LogP contribution in [-0.2, 0) is 13.2 Å². The Morgan fingerprint density at radius 1 is 1.04 bits per heavy atom. The van der Waals surface area contributed by atoms with Crippen molar-refractivity contribution in [3.63, 3.8) is 0 Å². The van der Waals surface area contributed by atoms with Crippen LogP contribution in [0.4, 0.5) is 0 Å². The van der Waals surface area contributed by atoms with Crippen molar-refractivity contribution in [2.45, 2.75) is 13.2 Å². The largest absolute Gasteiger partial charge is 0.489 e. The van der Waals surface area contributed by atoms with Crippen LogP contribution in [0.3, 0.4) is 0 Å². The zero-order chi connectivity index (χ0) is 17.2. The van der Waals surface area contributed by atoms with Crippen molar-refractivity contribution in [3.8, 4) is 5.75 Å². The second-order valence-electron chi connectivity index (χ2n) is 5.39. The average molecular weight is 413 g/mol. The van der Waals surface area contributed by atoms with Gasteiger partial charge < -0.3 is 21.1 Å². The van der Waals surface area contributed by atoms with Crippen molar-refractivity contribution in [1.82, 2.24) is 10.6 Å². The highest BCUT2D eigenvalue weighted by atomic mass is 79.9. The molecule has 4 nitrogen and oxygen atoms in total. The van der Waals surface area contributed by atoms with Crippen LogP contribution in [0, 0.1) is 0 Å². The van der Waals surface area contributed by atoms with Gasteiger partial charge in [-0.3, -0.25) is 0 Å². The normalized spacial score (nSPS) is 10.8. The Hall–Kier alpha value is -1.11. The quantitative estimate of drug-likeness (QED) is 0.524. The molecule has 2 aromatic rings. The summed E-state index contributed by atoms with van der Waals surface area (Å²) in [5, 5.41) is 7.36. The summed E-state index contributed by atoms with van der Waals surface area (Å²) < 4.78 is 6.84. The molecule has 0 fully saturated rings. The monoisotopic (exact) mass is 411 g/mol. The highest BCUT2D eigenvalue weighted by Gasteiger charge is 2.03. The second kappa shape index (κ2) is 10.7. The predicted molar refractivity (Wildman–Crippen MR) is 104 cm³/mol. The van der Waals surface area contributed by atoms with Gasteiger partial charge in [0.05, 0.1) is 0 Å². The zero-order valence-corrected chi connectivity index (χ0v) is 15.9. The third-order valence-corrected chi connectivity index (χ3v) is 4.41. The molecule has 2 rings (SSSR count). The van der Waals surface area contributed by atoms with Gasteiger partial charge in [-0.1, -0.05) is 45.7 Å². The van der Waals surface area contributed by atoms with Gasteiger partial charge in [-0.05, 0) is 29.8 Å². The Bertz CT molecular complexity index is 639. The summed E-state index contributed by atoms with van der Waals surface area (Å²) in [6.07, 6.45) is 0. The third kappa shape index (κ3) is 6.79. The van der Waals surface area contributed by atoms with Crippen LogP contribution in [0.5, 0.6) is 5.75 Å². The van der Waals surface area contributed by atoms with Crippen LogP contribution >= 0.6 is 27.5 Å². The lowest BCUT2D eigenvalue weighted by atomic mass is 10.2. The first kappa shape index (κ1) is 19.2. The summed E-state index contributed by atoms with van der Waals surface area (Å²) in [6, 6.07) is 13.8. The van der Waals surface area contributed by atoms with Crippen molar-refractivity contribution in [2.75, 3.05) is 26.2 Å². The molecule has 0 atom stereocenters. The summed E-state index contributed by atoms with van der Waals surface area (Å²) in [5.41, 5.74) is 7.69. The summed E-state index contributed by atoms with van der Waals surface area (Å²) in [5.74, 6) is 0.859. The topological polar surface area (TPSA) is 59.3 Å². The van der Waals surface area contributed by atoms with E-state index in [1.54, 1.807) is 0 Å². The Kier molecular flexibility index (Phi) is 8.56. The molecule has 24 heavy (non-hydrogen) atoms. The number of hydrogen-bond acceptors (Lipinski definition) is 4. The average Bonchev–Trinajstić information content (AvgIpc) is 2.58. The van der Waals surface area contributed by atoms with Gasteiger partial charge in [-0.15, -0.1) is 0 Å². The molecule has 0 radical (unpaired) electrons. The van der Waals surface area contributed by atoms with E-state index in [4.69, 9.17) is 22.1 Å². The Morgan fingerprint density at radius 2 is 1.88 bits per heavy atom. The minimum absolute atomic E-state index is 0.498. The molecule has 0 bridgehead atoms. The lowest BCUT2D eigenvalue weighted by Gasteiger charge is -2.10. The van der Waals surface area contributed by atoms with E-state index < -0.39 is 0 Å². The second-order valence-corrected chi connectivity index (χ2v) is 6.68. The number of benzene rings is 2. The molecular formula is C18H23BrClN3O. The molecular weight excluding hydrogens is 390 g/mol. The number of ether oxygens (including phenoxy) is 1. The molecule has 0 heterocycles. The smallest absolute Gasteiger partial charge is 0.120 e. The van der Waals surface area contributed by atoms with Crippen molar-refractivity contribution in [1.29, 1.82) is 0 Å². The molecule has 0 aliphatic carbocycles. The molecule has 0 saturated heterocycles. The first-order valence-corrected chi connectivity index (χ1v) is 9.13. The molecule has 0 spiro atoms. The van der Waals surface area contributed by atoms with E-state index in [2.05, 4.69) is 38.7 Å². The number of hydrogen-bond donors (Lipinski definition) is 3. The van der Waals surface area contributed by atoms with Crippen LogP contribution in [0.1, 0.15) is 11.1 Å². The molecule has 0 aliphatic rings. The van der Waals surface area contributed by atoms with E-state index in [-0.39, 0.29) is 0 Å². The SMILES string of the molecule is NCCNCCNCc1cccc(OCc2ccc(Cl)cc2Br)c1. The van der Waals surface area contributed by atoms with E-state index in [9.17, 15) is 0 Å². The molecule has 2 aromatic carbocycles. The highest BCUT2D eigenvalue weighted by molar-refractivity contribution is 9.10. The van der Waals surface area contributed by atoms with Gasteiger partial charge in [0.2, 0.25) is 0 Å². The van der Waals surface area contributed by atoms with E-state index in [0.717, 1.165) is 42.0 Å². The van der Waals surface area contributed by atoms with Gasteiger partial charge >= 0.3 is 0 Å². The van der Waals surface area contributed by atoms with Gasteiger partial charge in [-0.25, -0.2) is 0 Å². The predicted octanol–water partition coefficient (Wildman–Crippen LogP) is 3.32. The maximum Gasteiger partial charge on any atom is 0.120 e. The van der Waals surface area contributed by atoms with Crippen LogP contribution < -0.4 is 21.1 Å². The van der Waals surface area contributed by atoms with Crippen LogP contribution in [0.25, 0.3) is 0 Å². The fourth-order valence-electron chi connectivity index (χ4n) is 2.18. The van der Waals surface area contributed by atoms with Crippen molar-refractivity contribution in [3.05, 3.63) is 63.1 Å². The molecule has 4 N–H and O–H groups in total. The van der Waals surface area contributed by atoms with Gasteiger partial charge in [0.25, 0.3) is 0 Å². The number of nitrogens with two attached hydrogens (primary N) is 1. The van der Waals surface area contributed by atoms with Gasteiger partial charge in [-0.2, -0.15) is 0 Å². The Morgan fingerprint density at radius 3 is 2.67 bits per heavy atom. The highest BCUT2D eigenvalue weighted by Crippen LogP contribution is 2.23. The van der Waals surface area contributed by atoms with Gasteiger partial charge in [0.1, 0.15) is 12.4 Å². The molecule has 0 unspecified atom stereocenters. The minimum atomic E-state index is 0.498. The maximum absolute atomic E-state index is 5.95. The molecule has 0 aromatic heterocycles. The summed E-state index contributed by atoms with van der Waals surface area (Å²) in [7, 11) is 0. The molecule has 0 aliphatic heterocycles. The van der Waals surface area contributed by atoms with Crippen LogP contribution in [-0.4, -0.2) is 26.2 Å². The first-order valence-electron chi connectivity index (χ1n) is 7.96. The van der Waals surface area contributed by atoms with Crippen LogP contribution in [0.2, 0.25) is 5.02 Å². The molecule has 0 amide bonds. The van der Waals surface area contributed by atoms with E-state index in [1.165, 1.54) is 5.56 Å². The van der Waals surface area contributed by atoms with Crippen LogP contribution in [0.15, 0.2) is 46.9 Å². The summed E-state index contributed by atoms with van der Waals surface area (Å²) in [6.45, 7) is 4.65. The van der Waals surface area contributed by atoms with E-state index >= 15 is 0 Å². The van der Waals surface area contributed by atoms with Gasteiger partial charge in [0, 0.05) is 47.8 Å².